The normalized spacial score (nSPS) is 16.8. The molecule has 2 heterocycles. The zero-order valence-corrected chi connectivity index (χ0v) is 26.2. The number of carbonyl (C=O) groups excluding carboxylic acids is 2. The summed E-state index contributed by atoms with van der Waals surface area (Å²) >= 11 is 0. The summed E-state index contributed by atoms with van der Waals surface area (Å²) in [5.74, 6) is 0.171. The molecule has 6 rings (SSSR count). The molecule has 2 atom stereocenters. The maximum atomic E-state index is 14.5. The van der Waals surface area contributed by atoms with Gasteiger partial charge in [0.25, 0.3) is 5.56 Å². The van der Waals surface area contributed by atoms with E-state index < -0.39 is 23.1 Å². The van der Waals surface area contributed by atoms with E-state index in [9.17, 15) is 14.4 Å². The lowest BCUT2D eigenvalue weighted by Gasteiger charge is -2.24. The second-order valence-corrected chi connectivity index (χ2v) is 11.9. The number of aromatic nitrogens is 2. The molecule has 5 aromatic rings. The molecule has 8 nitrogen and oxygen atoms in total. The van der Waals surface area contributed by atoms with Crippen LogP contribution in [0.25, 0.3) is 6.08 Å². The number of allylic oxidation sites excluding steroid dienone is 1. The molecule has 1 aliphatic rings. The Labute approximate surface area is 274 Å². The van der Waals surface area contributed by atoms with E-state index in [1.54, 1.807) is 12.1 Å². The molecule has 0 aliphatic carbocycles. The van der Waals surface area contributed by atoms with E-state index in [2.05, 4.69) is 11.4 Å². The van der Waals surface area contributed by atoms with E-state index in [4.69, 9.17) is 9.72 Å². The number of para-hydroxylation sites is 1. The average molecular weight is 625 g/mol. The smallest absolute Gasteiger partial charge is 0.415 e. The van der Waals surface area contributed by atoms with E-state index in [0.29, 0.717) is 24.4 Å². The van der Waals surface area contributed by atoms with Crippen molar-refractivity contribution >= 4 is 29.5 Å². The average Bonchev–Trinajstić information content (AvgIpc) is 3.41. The number of nitrogens with one attached hydrogen (secondary N) is 1. The summed E-state index contributed by atoms with van der Waals surface area (Å²) in [4.78, 5) is 48.1. The van der Waals surface area contributed by atoms with Crippen LogP contribution >= 0.6 is 0 Å². The molecule has 2 amide bonds. The van der Waals surface area contributed by atoms with Gasteiger partial charge in [0.05, 0.1) is 12.7 Å². The Hall–Kier alpha value is -5.76. The highest BCUT2D eigenvalue weighted by atomic mass is 16.6. The number of anilines is 2. The van der Waals surface area contributed by atoms with Crippen LogP contribution in [0.1, 0.15) is 48.3 Å². The molecule has 0 saturated carbocycles. The van der Waals surface area contributed by atoms with Crippen LogP contribution in [0.4, 0.5) is 16.2 Å². The quantitative estimate of drug-likeness (QED) is 0.173. The second kappa shape index (κ2) is 14.1. The molecule has 0 spiro atoms. The largest absolute Gasteiger partial charge is 0.444 e. The van der Waals surface area contributed by atoms with Crippen molar-refractivity contribution in [2.24, 2.45) is 0 Å². The molecular weight excluding hydrogens is 588 g/mol. The van der Waals surface area contributed by atoms with Gasteiger partial charge < -0.3 is 10.1 Å². The summed E-state index contributed by atoms with van der Waals surface area (Å²) in [6.07, 6.45) is 5.75. The SMILES string of the molecule is CC1(C/C=C/c2ccccc2)CC(C(=O)Nc2ccccc2)n2c1ncc(N(Cc1ccccc1)C(=O)OCc1ccccc1)c2=O. The predicted molar refractivity (Wildman–Crippen MR) is 184 cm³/mol. The highest BCUT2D eigenvalue weighted by molar-refractivity contribution is 5.94. The van der Waals surface area contributed by atoms with Crippen LogP contribution in [-0.4, -0.2) is 21.6 Å². The number of carbonyl (C=O) groups is 2. The molecule has 0 fully saturated rings. The van der Waals surface area contributed by atoms with Gasteiger partial charge in [-0.2, -0.15) is 0 Å². The molecule has 236 valence electrons. The molecule has 1 N–H and O–H groups in total. The van der Waals surface area contributed by atoms with Gasteiger partial charge in [-0.3, -0.25) is 19.1 Å². The molecule has 2 unspecified atom stereocenters. The van der Waals surface area contributed by atoms with Gasteiger partial charge in [-0.05, 0) is 41.7 Å². The highest BCUT2D eigenvalue weighted by Crippen LogP contribution is 2.43. The number of fused-ring (bicyclic) bond motifs is 1. The fraction of sp³-hybridized carbons (Fsp3) is 0.179. The molecule has 8 heteroatoms. The molecule has 1 aromatic heterocycles. The number of hydrogen-bond acceptors (Lipinski definition) is 5. The minimum absolute atomic E-state index is 0.0391. The Morgan fingerprint density at radius 2 is 1.49 bits per heavy atom. The zero-order chi connectivity index (χ0) is 32.6. The monoisotopic (exact) mass is 624 g/mol. The Bertz CT molecular complexity index is 1910. The van der Waals surface area contributed by atoms with Crippen molar-refractivity contribution in [1.82, 2.24) is 9.55 Å². The van der Waals surface area contributed by atoms with Crippen molar-refractivity contribution in [3.8, 4) is 0 Å². The van der Waals surface area contributed by atoms with Crippen molar-refractivity contribution in [2.75, 3.05) is 10.2 Å². The molecule has 0 radical (unpaired) electrons. The summed E-state index contributed by atoms with van der Waals surface area (Å²) in [5.41, 5.74) is 2.25. The van der Waals surface area contributed by atoms with Crippen LogP contribution < -0.4 is 15.8 Å². The van der Waals surface area contributed by atoms with Gasteiger partial charge in [-0.25, -0.2) is 9.78 Å². The lowest BCUT2D eigenvalue weighted by atomic mass is 9.82. The van der Waals surface area contributed by atoms with Gasteiger partial charge in [0, 0.05) is 11.1 Å². The standard InChI is InChI=1S/C39H36N4O4/c1-39(24-14-21-29-15-6-2-7-16-29)25-33(35(44)41-32-22-12-5-13-23-32)43-36(45)34(26-40-37(39)43)42(27-30-17-8-3-9-18-30)38(46)47-28-31-19-10-4-11-20-31/h2-23,26,33H,24-25,27-28H2,1H3,(H,41,44)/b21-14+. The molecule has 0 bridgehead atoms. The molecular formula is C39H36N4O4. The predicted octanol–water partition coefficient (Wildman–Crippen LogP) is 7.53. The van der Waals surface area contributed by atoms with Gasteiger partial charge in [-0.1, -0.05) is 128 Å². The lowest BCUT2D eigenvalue weighted by Crippen LogP contribution is -2.39. The van der Waals surface area contributed by atoms with Crippen LogP contribution in [0.15, 0.2) is 138 Å². The maximum absolute atomic E-state index is 14.5. The van der Waals surface area contributed by atoms with Gasteiger partial charge in [-0.15, -0.1) is 0 Å². The van der Waals surface area contributed by atoms with Crippen molar-refractivity contribution < 1.29 is 14.3 Å². The van der Waals surface area contributed by atoms with Gasteiger partial charge >= 0.3 is 6.09 Å². The van der Waals surface area contributed by atoms with Crippen LogP contribution in [0, 0.1) is 0 Å². The van der Waals surface area contributed by atoms with Crippen molar-refractivity contribution in [3.63, 3.8) is 0 Å². The summed E-state index contributed by atoms with van der Waals surface area (Å²) < 4.78 is 7.17. The Morgan fingerprint density at radius 3 is 2.15 bits per heavy atom. The number of nitrogens with zero attached hydrogens (tertiary/aromatic N) is 3. The third kappa shape index (κ3) is 7.23. The molecule has 47 heavy (non-hydrogen) atoms. The summed E-state index contributed by atoms with van der Waals surface area (Å²) in [7, 11) is 0. The number of ether oxygens (including phenoxy) is 1. The molecule has 4 aromatic carbocycles. The van der Waals surface area contributed by atoms with Gasteiger partial charge in [0.15, 0.2) is 0 Å². The highest BCUT2D eigenvalue weighted by Gasteiger charge is 2.45. The Kier molecular flexibility index (Phi) is 9.38. The third-order valence-corrected chi connectivity index (χ3v) is 8.39. The lowest BCUT2D eigenvalue weighted by molar-refractivity contribution is -0.119. The Balaban J connectivity index is 1.37. The third-order valence-electron chi connectivity index (χ3n) is 8.39. The minimum atomic E-state index is -0.848. The molecule has 0 saturated heterocycles. The van der Waals surface area contributed by atoms with Gasteiger partial charge in [0.2, 0.25) is 5.91 Å². The first-order valence-electron chi connectivity index (χ1n) is 15.6. The number of benzene rings is 4. The zero-order valence-electron chi connectivity index (χ0n) is 26.2. The number of hydrogen-bond donors (Lipinski definition) is 1. The number of rotatable bonds is 10. The first kappa shape index (κ1) is 31.2. The van der Waals surface area contributed by atoms with E-state index in [1.807, 2.05) is 122 Å². The van der Waals surface area contributed by atoms with E-state index in [1.165, 1.54) is 15.7 Å². The van der Waals surface area contributed by atoms with Crippen molar-refractivity contribution in [1.29, 1.82) is 0 Å². The van der Waals surface area contributed by atoms with E-state index in [-0.39, 0.29) is 24.7 Å². The van der Waals surface area contributed by atoms with Crippen LogP contribution in [0.3, 0.4) is 0 Å². The van der Waals surface area contributed by atoms with Crippen LogP contribution in [0.5, 0.6) is 0 Å². The summed E-state index contributed by atoms with van der Waals surface area (Å²) in [6.45, 7) is 2.15. The van der Waals surface area contributed by atoms with Gasteiger partial charge in [0.1, 0.15) is 24.2 Å². The van der Waals surface area contributed by atoms with E-state index in [0.717, 1.165) is 16.7 Å². The first-order valence-corrected chi connectivity index (χ1v) is 15.6. The van der Waals surface area contributed by atoms with E-state index >= 15 is 0 Å². The minimum Gasteiger partial charge on any atom is -0.444 e. The van der Waals surface area contributed by atoms with Crippen LogP contribution in [0.2, 0.25) is 0 Å². The van der Waals surface area contributed by atoms with Crippen LogP contribution in [-0.2, 0) is 28.1 Å². The van der Waals surface area contributed by atoms with Crippen molar-refractivity contribution in [3.05, 3.63) is 166 Å². The second-order valence-electron chi connectivity index (χ2n) is 11.9. The van der Waals surface area contributed by atoms with Crippen molar-refractivity contribution in [2.45, 2.75) is 44.4 Å². The summed E-state index contributed by atoms with van der Waals surface area (Å²) in [6, 6.07) is 37.0. The maximum Gasteiger partial charge on any atom is 0.415 e. The fourth-order valence-corrected chi connectivity index (χ4v) is 5.95. The summed E-state index contributed by atoms with van der Waals surface area (Å²) in [5, 5.41) is 2.97. The molecule has 1 aliphatic heterocycles. The first-order chi connectivity index (χ1) is 22.9. The fourth-order valence-electron chi connectivity index (χ4n) is 5.95. The topological polar surface area (TPSA) is 93.5 Å². The number of amides is 2. The Morgan fingerprint density at radius 1 is 0.894 bits per heavy atom.